The first-order valence-electron chi connectivity index (χ1n) is 15.3. The van der Waals surface area contributed by atoms with Crippen LogP contribution in [-0.4, -0.2) is 36.1 Å². The van der Waals surface area contributed by atoms with Crippen LogP contribution in [0, 0.1) is 5.92 Å². The van der Waals surface area contributed by atoms with Crippen molar-refractivity contribution in [2.75, 3.05) is 18.6 Å². The molecule has 2 atom stereocenters. The molecule has 2 unspecified atom stereocenters. The molecular weight excluding hydrogens is 530 g/mol. The number of anilines is 1. The van der Waals surface area contributed by atoms with E-state index in [-0.39, 0.29) is 0 Å². The molecule has 0 bridgehead atoms. The van der Waals surface area contributed by atoms with E-state index in [1.807, 2.05) is 24.3 Å². The van der Waals surface area contributed by atoms with Gasteiger partial charge in [-0.05, 0) is 74.5 Å². The van der Waals surface area contributed by atoms with Crippen LogP contribution in [0.4, 0.5) is 5.69 Å². The van der Waals surface area contributed by atoms with Crippen molar-refractivity contribution in [3.8, 4) is 16.9 Å². The van der Waals surface area contributed by atoms with Crippen molar-refractivity contribution in [2.24, 2.45) is 5.92 Å². The van der Waals surface area contributed by atoms with Gasteiger partial charge in [0.1, 0.15) is 5.75 Å². The fraction of sp³-hybridized carbons (Fsp3) is 0.231. The van der Waals surface area contributed by atoms with Crippen LogP contribution in [0.1, 0.15) is 36.8 Å². The Morgan fingerprint density at radius 3 is 2.05 bits per heavy atom. The number of aliphatic hydroxyl groups is 2. The standard InChI is InChI=1S/C39H37NO3/c1-3-4-21-40-22-20-26(32-24-27(43-2)18-19-34(32)40)23-33-38(41)37(39(33)42)36-30-16-10-8-14-28(30)35(25-12-6-5-7-13-25)29-15-9-11-17-31(29)36/h5-20,22-24,33,37-39,41-42H,3-4,21H2,1-2H3/b26-23+. The summed E-state index contributed by atoms with van der Waals surface area (Å²) in [6.07, 6.45) is 7.05. The highest BCUT2D eigenvalue weighted by Gasteiger charge is 2.50. The third-order valence-electron chi connectivity index (χ3n) is 9.28. The van der Waals surface area contributed by atoms with Gasteiger partial charge in [0.15, 0.2) is 0 Å². The van der Waals surface area contributed by atoms with Gasteiger partial charge < -0.3 is 19.8 Å². The maximum atomic E-state index is 11.8. The lowest BCUT2D eigenvalue weighted by Gasteiger charge is -2.46. The highest BCUT2D eigenvalue weighted by molar-refractivity contribution is 6.15. The summed E-state index contributed by atoms with van der Waals surface area (Å²) in [5.41, 5.74) is 6.54. The Hall–Kier alpha value is -4.38. The minimum Gasteiger partial charge on any atom is -0.497 e. The van der Waals surface area contributed by atoms with Gasteiger partial charge in [0.05, 0.1) is 19.3 Å². The minimum atomic E-state index is -0.725. The molecule has 4 heteroatoms. The SMILES string of the molecule is CCCCN1C=C/C(=C\C2C(O)C(c3c4ccccc4c(-c4ccccc4)c4ccccc34)C2O)c2cc(OC)ccc21. The third-order valence-corrected chi connectivity index (χ3v) is 9.28. The van der Waals surface area contributed by atoms with E-state index < -0.39 is 24.0 Å². The Labute approximate surface area is 253 Å². The molecule has 43 heavy (non-hydrogen) atoms. The Morgan fingerprint density at radius 2 is 1.42 bits per heavy atom. The van der Waals surface area contributed by atoms with Gasteiger partial charge in [0.25, 0.3) is 0 Å². The van der Waals surface area contributed by atoms with Gasteiger partial charge in [-0.3, -0.25) is 0 Å². The van der Waals surface area contributed by atoms with E-state index in [1.165, 1.54) is 5.56 Å². The molecule has 216 valence electrons. The fourth-order valence-electron chi connectivity index (χ4n) is 7.05. The van der Waals surface area contributed by atoms with Crippen LogP contribution in [0.25, 0.3) is 38.2 Å². The lowest BCUT2D eigenvalue weighted by Crippen LogP contribution is -2.52. The number of ether oxygens (including phenoxy) is 1. The van der Waals surface area contributed by atoms with Crippen LogP contribution < -0.4 is 9.64 Å². The monoisotopic (exact) mass is 567 g/mol. The van der Waals surface area contributed by atoms with E-state index in [2.05, 4.69) is 103 Å². The van der Waals surface area contributed by atoms with Gasteiger partial charge in [-0.15, -0.1) is 0 Å². The average molecular weight is 568 g/mol. The molecule has 1 aliphatic heterocycles. The molecule has 4 nitrogen and oxygen atoms in total. The number of hydrogen-bond donors (Lipinski definition) is 2. The van der Waals surface area contributed by atoms with Crippen molar-refractivity contribution in [1.29, 1.82) is 0 Å². The molecule has 0 amide bonds. The largest absolute Gasteiger partial charge is 0.497 e. The Kier molecular flexibility index (Phi) is 7.26. The maximum Gasteiger partial charge on any atom is 0.119 e. The van der Waals surface area contributed by atoms with Crippen molar-refractivity contribution in [1.82, 2.24) is 0 Å². The quantitative estimate of drug-likeness (QED) is 0.194. The predicted octanol–water partition coefficient (Wildman–Crippen LogP) is 8.32. The average Bonchev–Trinajstić information content (AvgIpc) is 3.06. The first-order chi connectivity index (χ1) is 21.1. The van der Waals surface area contributed by atoms with E-state index in [9.17, 15) is 10.2 Å². The second-order valence-corrected chi connectivity index (χ2v) is 11.7. The second-order valence-electron chi connectivity index (χ2n) is 11.7. The van der Waals surface area contributed by atoms with Crippen LogP contribution in [0.2, 0.25) is 0 Å². The maximum absolute atomic E-state index is 11.8. The van der Waals surface area contributed by atoms with E-state index in [4.69, 9.17) is 4.74 Å². The van der Waals surface area contributed by atoms with E-state index >= 15 is 0 Å². The van der Waals surface area contributed by atoms with Crippen molar-refractivity contribution in [3.05, 3.63) is 127 Å². The van der Waals surface area contributed by atoms with Crippen LogP contribution in [0.5, 0.6) is 5.75 Å². The zero-order chi connectivity index (χ0) is 29.5. The topological polar surface area (TPSA) is 52.9 Å². The van der Waals surface area contributed by atoms with Gasteiger partial charge >= 0.3 is 0 Å². The summed E-state index contributed by atoms with van der Waals surface area (Å²) in [5, 5.41) is 28.0. The van der Waals surface area contributed by atoms with E-state index in [1.54, 1.807) is 7.11 Å². The lowest BCUT2D eigenvalue weighted by atomic mass is 9.63. The molecule has 0 spiro atoms. The van der Waals surface area contributed by atoms with Crippen molar-refractivity contribution in [3.63, 3.8) is 0 Å². The number of aliphatic hydroxyl groups excluding tert-OH is 2. The summed E-state index contributed by atoms with van der Waals surface area (Å²) in [6, 6.07) is 33.4. The van der Waals surface area contributed by atoms with Gasteiger partial charge in [-0.1, -0.05) is 98.3 Å². The minimum absolute atomic E-state index is 0.391. The molecule has 2 aliphatic rings. The third kappa shape index (κ3) is 4.62. The first kappa shape index (κ1) is 27.5. The molecule has 5 aromatic rings. The molecule has 0 aromatic heterocycles. The zero-order valence-electron chi connectivity index (χ0n) is 24.7. The van der Waals surface area contributed by atoms with Gasteiger partial charge in [-0.25, -0.2) is 0 Å². The number of fused-ring (bicyclic) bond motifs is 3. The fourth-order valence-corrected chi connectivity index (χ4v) is 7.05. The Balaban J connectivity index is 1.31. The van der Waals surface area contributed by atoms with Crippen LogP contribution in [0.3, 0.4) is 0 Å². The van der Waals surface area contributed by atoms with Crippen LogP contribution in [-0.2, 0) is 0 Å². The smallest absolute Gasteiger partial charge is 0.119 e. The summed E-state index contributed by atoms with van der Waals surface area (Å²) in [5.74, 6) is -0.00323. The van der Waals surface area contributed by atoms with Gasteiger partial charge in [0.2, 0.25) is 0 Å². The second kappa shape index (κ2) is 11.4. The summed E-state index contributed by atoms with van der Waals surface area (Å²) in [4.78, 5) is 2.28. The molecule has 5 aromatic carbocycles. The summed E-state index contributed by atoms with van der Waals surface area (Å²) in [7, 11) is 1.68. The van der Waals surface area contributed by atoms with Crippen molar-refractivity contribution >= 4 is 32.8 Å². The zero-order valence-corrected chi connectivity index (χ0v) is 24.7. The summed E-state index contributed by atoms with van der Waals surface area (Å²) < 4.78 is 5.56. The van der Waals surface area contributed by atoms with Crippen LogP contribution >= 0.6 is 0 Å². The highest BCUT2D eigenvalue weighted by atomic mass is 16.5. The first-order valence-corrected chi connectivity index (χ1v) is 15.3. The molecule has 2 N–H and O–H groups in total. The molecule has 0 saturated heterocycles. The van der Waals surface area contributed by atoms with Gasteiger partial charge in [-0.2, -0.15) is 0 Å². The molecule has 1 aliphatic carbocycles. The number of unbranched alkanes of at least 4 members (excludes halogenated alkanes) is 1. The van der Waals surface area contributed by atoms with Crippen molar-refractivity contribution in [2.45, 2.75) is 37.9 Å². The van der Waals surface area contributed by atoms with Gasteiger partial charge in [0, 0.05) is 35.8 Å². The molecule has 1 heterocycles. The number of allylic oxidation sites excluding steroid dienone is 2. The lowest BCUT2D eigenvalue weighted by molar-refractivity contribution is -0.0930. The number of nitrogens with zero attached hydrogens (tertiary/aromatic N) is 1. The van der Waals surface area contributed by atoms with E-state index in [0.29, 0.717) is 0 Å². The normalized spacial score (nSPS) is 22.1. The summed E-state index contributed by atoms with van der Waals surface area (Å²) in [6.45, 7) is 3.14. The molecule has 0 radical (unpaired) electrons. The molecular formula is C39H37NO3. The molecule has 1 saturated carbocycles. The predicted molar refractivity (Wildman–Crippen MR) is 177 cm³/mol. The molecule has 7 rings (SSSR count). The highest BCUT2D eigenvalue weighted by Crippen LogP contribution is 2.51. The van der Waals surface area contributed by atoms with Crippen molar-refractivity contribution < 1.29 is 14.9 Å². The Bertz CT molecular complexity index is 1790. The number of hydrogen-bond acceptors (Lipinski definition) is 4. The number of benzene rings is 5. The number of methoxy groups -OCH3 is 1. The van der Waals surface area contributed by atoms with Crippen LogP contribution in [0.15, 0.2) is 115 Å². The summed E-state index contributed by atoms with van der Waals surface area (Å²) >= 11 is 0. The molecule has 1 fully saturated rings. The Morgan fingerprint density at radius 1 is 0.791 bits per heavy atom. The van der Waals surface area contributed by atoms with E-state index in [0.717, 1.165) is 74.6 Å². The number of rotatable bonds is 7.